The fourth-order valence-electron chi connectivity index (χ4n) is 3.46. The minimum Gasteiger partial charge on any atom is -0.497 e. The second-order valence-corrected chi connectivity index (χ2v) is 8.27. The number of amides is 1. The van der Waals surface area contributed by atoms with E-state index in [-0.39, 0.29) is 5.91 Å². The van der Waals surface area contributed by atoms with E-state index in [1.807, 2.05) is 36.4 Å². The quantitative estimate of drug-likeness (QED) is 0.230. The molecule has 4 aromatic carbocycles. The fraction of sp³-hybridized carbons (Fsp3) is 0.111. The van der Waals surface area contributed by atoms with Gasteiger partial charge in [-0.3, -0.25) is 4.79 Å². The van der Waals surface area contributed by atoms with Crippen LogP contribution in [-0.2, 0) is 6.61 Å². The van der Waals surface area contributed by atoms with Crippen molar-refractivity contribution >= 4 is 38.8 Å². The Labute approximate surface area is 206 Å². The molecule has 0 saturated heterocycles. The highest BCUT2D eigenvalue weighted by molar-refractivity contribution is 9.10. The van der Waals surface area contributed by atoms with Gasteiger partial charge in [0.2, 0.25) is 0 Å². The second-order valence-electron chi connectivity index (χ2n) is 7.42. The fourth-order valence-corrected chi connectivity index (χ4v) is 3.97. The summed E-state index contributed by atoms with van der Waals surface area (Å²) in [6.07, 6.45) is 1.56. The predicted octanol–water partition coefficient (Wildman–Crippen LogP) is 5.96. The highest BCUT2D eigenvalue weighted by atomic mass is 79.9. The van der Waals surface area contributed by atoms with Gasteiger partial charge in [0.15, 0.2) is 0 Å². The van der Waals surface area contributed by atoms with E-state index in [0.29, 0.717) is 23.7 Å². The molecule has 1 amide bonds. The van der Waals surface area contributed by atoms with Gasteiger partial charge in [0.25, 0.3) is 5.91 Å². The topological polar surface area (TPSA) is 69.2 Å². The van der Waals surface area contributed by atoms with Crippen molar-refractivity contribution in [2.75, 3.05) is 14.2 Å². The van der Waals surface area contributed by atoms with E-state index in [1.54, 1.807) is 24.4 Å². The number of fused-ring (bicyclic) bond motifs is 1. The summed E-state index contributed by atoms with van der Waals surface area (Å²) in [5, 5.41) is 6.42. The van der Waals surface area contributed by atoms with Gasteiger partial charge in [0.05, 0.1) is 24.9 Å². The molecule has 172 valence electrons. The molecule has 0 atom stereocenters. The smallest absolute Gasteiger partial charge is 0.271 e. The number of methoxy groups -OCH3 is 2. The van der Waals surface area contributed by atoms with E-state index in [0.717, 1.165) is 21.3 Å². The van der Waals surface area contributed by atoms with Crippen LogP contribution in [0.3, 0.4) is 0 Å². The summed E-state index contributed by atoms with van der Waals surface area (Å²) >= 11 is 3.56. The number of rotatable bonds is 8. The molecule has 6 nitrogen and oxygen atoms in total. The number of carbonyl (C=O) groups excluding carboxylic acids is 1. The standard InChI is InChI=1S/C27H23BrN2O4/c1-32-22-13-21(14-23(15-22)33-2)27(31)30-29-16-18-10-11-26(25(28)12-18)34-17-20-8-5-7-19-6-3-4-9-24(19)20/h3-16H,17H2,1-2H3,(H,30,31)/b29-16-. The van der Waals surface area contributed by atoms with E-state index >= 15 is 0 Å². The number of nitrogens with zero attached hydrogens (tertiary/aromatic N) is 1. The zero-order valence-electron chi connectivity index (χ0n) is 18.7. The molecule has 0 fully saturated rings. The Balaban J connectivity index is 1.40. The van der Waals surface area contributed by atoms with Crippen LogP contribution in [0.5, 0.6) is 17.2 Å². The van der Waals surface area contributed by atoms with Crippen LogP contribution in [0.15, 0.2) is 88.4 Å². The molecule has 1 N–H and O–H groups in total. The van der Waals surface area contributed by atoms with Gasteiger partial charge >= 0.3 is 0 Å². The number of hydrogen-bond donors (Lipinski definition) is 1. The monoisotopic (exact) mass is 518 g/mol. The number of ether oxygens (including phenoxy) is 3. The molecule has 0 spiro atoms. The van der Waals surface area contributed by atoms with Crippen molar-refractivity contribution < 1.29 is 19.0 Å². The number of benzene rings is 4. The average molecular weight is 519 g/mol. The summed E-state index contributed by atoms with van der Waals surface area (Å²) in [4.78, 5) is 12.4. The summed E-state index contributed by atoms with van der Waals surface area (Å²) in [6, 6.07) is 25.0. The van der Waals surface area contributed by atoms with Crippen LogP contribution in [0.25, 0.3) is 10.8 Å². The van der Waals surface area contributed by atoms with Gasteiger partial charge in [0.1, 0.15) is 23.9 Å². The molecule has 0 unspecified atom stereocenters. The molecule has 0 radical (unpaired) electrons. The van der Waals surface area contributed by atoms with Gasteiger partial charge in [-0.15, -0.1) is 0 Å². The van der Waals surface area contributed by atoms with E-state index < -0.39 is 0 Å². The van der Waals surface area contributed by atoms with E-state index in [9.17, 15) is 4.79 Å². The zero-order chi connectivity index (χ0) is 23.9. The molecule has 0 aromatic heterocycles. The lowest BCUT2D eigenvalue weighted by Crippen LogP contribution is -2.17. The van der Waals surface area contributed by atoms with Crippen molar-refractivity contribution in [1.82, 2.24) is 5.43 Å². The third kappa shape index (κ3) is 5.55. The molecule has 0 aliphatic rings. The lowest BCUT2D eigenvalue weighted by atomic mass is 10.1. The highest BCUT2D eigenvalue weighted by Crippen LogP contribution is 2.28. The van der Waals surface area contributed by atoms with Gasteiger partial charge < -0.3 is 14.2 Å². The Morgan fingerprint density at radius 3 is 2.41 bits per heavy atom. The third-order valence-corrected chi connectivity index (χ3v) is 5.83. The van der Waals surface area contributed by atoms with E-state index in [2.05, 4.69) is 50.7 Å². The third-order valence-electron chi connectivity index (χ3n) is 5.21. The van der Waals surface area contributed by atoms with Crippen LogP contribution < -0.4 is 19.6 Å². The number of hydrazone groups is 1. The Kier molecular flexibility index (Phi) is 7.44. The molecule has 0 saturated carbocycles. The first-order chi connectivity index (χ1) is 16.6. The first-order valence-electron chi connectivity index (χ1n) is 10.5. The molecular formula is C27H23BrN2O4. The van der Waals surface area contributed by atoms with Crippen molar-refractivity contribution in [1.29, 1.82) is 0 Å². The normalized spacial score (nSPS) is 10.9. The Morgan fingerprint density at radius 1 is 0.941 bits per heavy atom. The largest absolute Gasteiger partial charge is 0.497 e. The maximum atomic E-state index is 12.4. The van der Waals surface area contributed by atoms with E-state index in [1.165, 1.54) is 25.0 Å². The number of carbonyl (C=O) groups is 1. The summed E-state index contributed by atoms with van der Waals surface area (Å²) in [5.74, 6) is 1.40. The van der Waals surface area contributed by atoms with Crippen molar-refractivity contribution in [2.24, 2.45) is 5.10 Å². The van der Waals surface area contributed by atoms with Crippen LogP contribution in [-0.4, -0.2) is 26.3 Å². The van der Waals surface area contributed by atoms with Gasteiger partial charge in [-0.25, -0.2) is 5.43 Å². The Hall–Kier alpha value is -3.84. The van der Waals surface area contributed by atoms with Crippen LogP contribution >= 0.6 is 15.9 Å². The summed E-state index contributed by atoms with van der Waals surface area (Å²) in [7, 11) is 3.06. The van der Waals surface area contributed by atoms with Crippen molar-refractivity contribution in [3.05, 3.63) is 100 Å². The van der Waals surface area contributed by atoms with E-state index in [4.69, 9.17) is 14.2 Å². The van der Waals surface area contributed by atoms with Crippen molar-refractivity contribution in [3.8, 4) is 17.2 Å². The number of nitrogens with one attached hydrogen (secondary N) is 1. The SMILES string of the molecule is COc1cc(OC)cc(C(=O)N/N=C\c2ccc(OCc3cccc4ccccc34)c(Br)c2)c1. The summed E-state index contributed by atoms with van der Waals surface area (Å²) in [6.45, 7) is 0.452. The molecule has 0 heterocycles. The number of halogens is 1. The molecule has 4 rings (SSSR count). The van der Waals surface area contributed by atoms with Crippen molar-refractivity contribution in [3.63, 3.8) is 0 Å². The first-order valence-corrected chi connectivity index (χ1v) is 11.3. The summed E-state index contributed by atoms with van der Waals surface area (Å²) < 4.78 is 17.2. The Morgan fingerprint density at radius 2 is 1.68 bits per heavy atom. The predicted molar refractivity (Wildman–Crippen MR) is 137 cm³/mol. The molecule has 0 aliphatic carbocycles. The minimum atomic E-state index is -0.373. The molecule has 34 heavy (non-hydrogen) atoms. The first kappa shape index (κ1) is 23.3. The van der Waals surface area contributed by atoms with Crippen LogP contribution in [0.2, 0.25) is 0 Å². The zero-order valence-corrected chi connectivity index (χ0v) is 20.3. The molecule has 0 aliphatic heterocycles. The second kappa shape index (κ2) is 10.9. The lowest BCUT2D eigenvalue weighted by molar-refractivity contribution is 0.0954. The van der Waals surface area contributed by atoms with Gasteiger partial charge in [-0.1, -0.05) is 42.5 Å². The maximum absolute atomic E-state index is 12.4. The van der Waals surface area contributed by atoms with Gasteiger partial charge in [-0.05, 0) is 68.2 Å². The minimum absolute atomic E-state index is 0.373. The van der Waals surface area contributed by atoms with Crippen LogP contribution in [0.1, 0.15) is 21.5 Å². The molecule has 0 bridgehead atoms. The maximum Gasteiger partial charge on any atom is 0.271 e. The molecule has 7 heteroatoms. The summed E-state index contributed by atoms with van der Waals surface area (Å²) in [5.41, 5.74) is 4.82. The van der Waals surface area contributed by atoms with Crippen LogP contribution in [0, 0.1) is 0 Å². The Bertz CT molecular complexity index is 1330. The van der Waals surface area contributed by atoms with Crippen LogP contribution in [0.4, 0.5) is 0 Å². The molecule has 4 aromatic rings. The number of hydrogen-bond acceptors (Lipinski definition) is 5. The van der Waals surface area contributed by atoms with Gasteiger partial charge in [-0.2, -0.15) is 5.10 Å². The molecular weight excluding hydrogens is 496 g/mol. The van der Waals surface area contributed by atoms with Crippen molar-refractivity contribution in [2.45, 2.75) is 6.61 Å². The highest BCUT2D eigenvalue weighted by Gasteiger charge is 2.09. The lowest BCUT2D eigenvalue weighted by Gasteiger charge is -2.11. The average Bonchev–Trinajstić information content (AvgIpc) is 2.87. The van der Waals surface area contributed by atoms with Gasteiger partial charge in [0, 0.05) is 11.6 Å².